The van der Waals surface area contributed by atoms with E-state index in [-0.39, 0.29) is 0 Å². The minimum absolute atomic E-state index is 0.533. The summed E-state index contributed by atoms with van der Waals surface area (Å²) < 4.78 is 0. The van der Waals surface area contributed by atoms with Gasteiger partial charge in [-0.2, -0.15) is 0 Å². The van der Waals surface area contributed by atoms with E-state index in [2.05, 4.69) is 28.0 Å². The highest BCUT2D eigenvalue weighted by molar-refractivity contribution is 7.18. The van der Waals surface area contributed by atoms with Gasteiger partial charge in [0.25, 0.3) is 0 Å². The largest absolute Gasteiger partial charge is 0.304 e. The van der Waals surface area contributed by atoms with Crippen molar-refractivity contribution >= 4 is 9.24 Å². The molecule has 10 heavy (non-hydrogen) atoms. The lowest BCUT2D eigenvalue weighted by atomic mass is 9.98. The van der Waals surface area contributed by atoms with E-state index in [9.17, 15) is 0 Å². The molecule has 1 atom stereocenters. The van der Waals surface area contributed by atoms with Crippen molar-refractivity contribution in [1.82, 2.24) is 4.90 Å². The number of piperidine rings is 1. The molecule has 0 aliphatic carbocycles. The fourth-order valence-corrected chi connectivity index (χ4v) is 1.64. The zero-order valence-corrected chi connectivity index (χ0v) is 8.21. The summed E-state index contributed by atoms with van der Waals surface area (Å²) in [7, 11) is 2.97. The molecule has 0 bridgehead atoms. The Morgan fingerprint density at radius 3 is 2.30 bits per heavy atom. The van der Waals surface area contributed by atoms with Crippen LogP contribution in [0.5, 0.6) is 0 Å². The van der Waals surface area contributed by atoms with Crippen LogP contribution in [0.1, 0.15) is 26.7 Å². The highest BCUT2D eigenvalue weighted by Gasteiger charge is 2.24. The van der Waals surface area contributed by atoms with Gasteiger partial charge in [-0.15, -0.1) is 9.24 Å². The normalized spacial score (nSPS) is 26.7. The summed E-state index contributed by atoms with van der Waals surface area (Å²) in [6.45, 7) is 8.38. The smallest absolute Gasteiger partial charge is 0.00104 e. The molecule has 0 radical (unpaired) electrons. The van der Waals surface area contributed by atoms with Gasteiger partial charge in [-0.05, 0) is 37.6 Å². The third kappa shape index (κ3) is 2.21. The van der Waals surface area contributed by atoms with E-state index < -0.39 is 0 Å². The Labute approximate surface area is 66.4 Å². The van der Waals surface area contributed by atoms with Gasteiger partial charge in [-0.25, -0.2) is 0 Å². The van der Waals surface area contributed by atoms with Gasteiger partial charge in [0.15, 0.2) is 0 Å². The molecule has 1 heterocycles. The van der Waals surface area contributed by atoms with Crippen molar-refractivity contribution in [3.63, 3.8) is 0 Å². The molecule has 0 aromatic heterocycles. The van der Waals surface area contributed by atoms with Crippen LogP contribution in [0.25, 0.3) is 0 Å². The predicted molar refractivity (Wildman–Crippen MR) is 49.5 cm³/mol. The average molecular weight is 159 g/mol. The molecular formula is C8H18NP. The van der Waals surface area contributed by atoms with Crippen molar-refractivity contribution in [3.05, 3.63) is 0 Å². The molecule has 2 heteroatoms. The lowest BCUT2D eigenvalue weighted by molar-refractivity contribution is 0.215. The number of rotatable bonds is 1. The van der Waals surface area contributed by atoms with Crippen molar-refractivity contribution < 1.29 is 0 Å². The summed E-state index contributed by atoms with van der Waals surface area (Å²) in [5, 5.41) is 0.533. The summed E-state index contributed by atoms with van der Waals surface area (Å²) in [4.78, 5) is 2.52. The van der Waals surface area contributed by atoms with Crippen molar-refractivity contribution in [2.75, 3.05) is 19.6 Å². The van der Waals surface area contributed by atoms with E-state index >= 15 is 0 Å². The Kier molecular flexibility index (Phi) is 2.71. The molecular weight excluding hydrogens is 141 g/mol. The van der Waals surface area contributed by atoms with Gasteiger partial charge < -0.3 is 4.90 Å². The van der Waals surface area contributed by atoms with Gasteiger partial charge >= 0.3 is 0 Å². The Hall–Kier alpha value is 0.390. The summed E-state index contributed by atoms with van der Waals surface area (Å²) in [6.07, 6.45) is 2.68. The van der Waals surface area contributed by atoms with Gasteiger partial charge in [0.05, 0.1) is 0 Å². The van der Waals surface area contributed by atoms with Crippen LogP contribution in [0.2, 0.25) is 0 Å². The van der Waals surface area contributed by atoms with Crippen molar-refractivity contribution in [2.24, 2.45) is 0 Å². The molecule has 0 aromatic carbocycles. The van der Waals surface area contributed by atoms with E-state index in [0.29, 0.717) is 5.16 Å². The van der Waals surface area contributed by atoms with Crippen LogP contribution in [-0.4, -0.2) is 29.7 Å². The minimum Gasteiger partial charge on any atom is -0.304 e. The fraction of sp³-hybridized carbons (Fsp3) is 1.00. The van der Waals surface area contributed by atoms with E-state index in [1.165, 1.54) is 32.5 Å². The number of hydrogen-bond donors (Lipinski definition) is 0. The quantitative estimate of drug-likeness (QED) is 0.527. The number of likely N-dealkylation sites (tertiary alicyclic amines) is 1. The second kappa shape index (κ2) is 3.19. The summed E-state index contributed by atoms with van der Waals surface area (Å²) >= 11 is 0. The molecule has 1 rings (SSSR count). The second-order valence-corrected chi connectivity index (χ2v) is 4.98. The minimum atomic E-state index is 0.533. The van der Waals surface area contributed by atoms with E-state index in [0.717, 1.165) is 0 Å². The lowest BCUT2D eigenvalue weighted by Crippen LogP contribution is -2.38. The van der Waals surface area contributed by atoms with Gasteiger partial charge in [0, 0.05) is 0 Å². The maximum atomic E-state index is 2.97. The van der Waals surface area contributed by atoms with Gasteiger partial charge in [-0.1, -0.05) is 13.8 Å². The first-order chi connectivity index (χ1) is 4.64. The third-order valence-electron chi connectivity index (χ3n) is 2.45. The molecule has 1 aliphatic heterocycles. The molecule has 0 saturated carbocycles. The topological polar surface area (TPSA) is 3.24 Å². The van der Waals surface area contributed by atoms with Crippen LogP contribution < -0.4 is 0 Å². The zero-order chi connectivity index (χ0) is 7.61. The van der Waals surface area contributed by atoms with Crippen LogP contribution in [-0.2, 0) is 0 Å². The molecule has 1 nitrogen and oxygen atoms in total. The van der Waals surface area contributed by atoms with Crippen LogP contribution >= 0.6 is 9.24 Å². The molecule has 0 aromatic rings. The average Bonchev–Trinajstić information content (AvgIpc) is 1.88. The van der Waals surface area contributed by atoms with Crippen molar-refractivity contribution in [1.29, 1.82) is 0 Å². The van der Waals surface area contributed by atoms with E-state index in [1.54, 1.807) is 0 Å². The summed E-state index contributed by atoms with van der Waals surface area (Å²) in [5.41, 5.74) is 0. The van der Waals surface area contributed by atoms with Crippen LogP contribution in [0.3, 0.4) is 0 Å². The molecule has 1 saturated heterocycles. The summed E-state index contributed by atoms with van der Waals surface area (Å²) in [5.74, 6) is 0. The van der Waals surface area contributed by atoms with E-state index in [4.69, 9.17) is 0 Å². The fourth-order valence-electron chi connectivity index (χ4n) is 1.38. The second-order valence-electron chi connectivity index (χ2n) is 3.59. The highest BCUT2D eigenvalue weighted by Crippen LogP contribution is 2.30. The zero-order valence-electron chi connectivity index (χ0n) is 7.06. The maximum Gasteiger partial charge on any atom is -0.00104 e. The first kappa shape index (κ1) is 8.49. The molecule has 0 N–H and O–H groups in total. The highest BCUT2D eigenvalue weighted by atomic mass is 31.0. The number of hydrogen-bond acceptors (Lipinski definition) is 1. The predicted octanol–water partition coefficient (Wildman–Crippen LogP) is 1.74. The van der Waals surface area contributed by atoms with Crippen molar-refractivity contribution in [3.8, 4) is 0 Å². The maximum absolute atomic E-state index is 2.97. The van der Waals surface area contributed by atoms with Gasteiger partial charge in [-0.3, -0.25) is 0 Å². The third-order valence-corrected chi connectivity index (χ3v) is 3.02. The Bertz CT molecular complexity index is 102. The van der Waals surface area contributed by atoms with Crippen LogP contribution in [0.4, 0.5) is 0 Å². The Balaban J connectivity index is 2.31. The summed E-state index contributed by atoms with van der Waals surface area (Å²) in [6, 6.07) is 0. The molecule has 0 spiro atoms. The SMILES string of the molecule is CCN1CCC(C)(P)CC1. The van der Waals surface area contributed by atoms with Gasteiger partial charge in [0.1, 0.15) is 0 Å². The Morgan fingerprint density at radius 1 is 1.40 bits per heavy atom. The Morgan fingerprint density at radius 2 is 1.90 bits per heavy atom. The number of nitrogens with zero attached hydrogens (tertiary/aromatic N) is 1. The first-order valence-electron chi connectivity index (χ1n) is 4.15. The molecule has 1 fully saturated rings. The van der Waals surface area contributed by atoms with E-state index in [1.807, 2.05) is 0 Å². The molecule has 0 amide bonds. The monoisotopic (exact) mass is 159 g/mol. The molecule has 1 unspecified atom stereocenters. The first-order valence-corrected chi connectivity index (χ1v) is 4.73. The van der Waals surface area contributed by atoms with Crippen molar-refractivity contribution in [2.45, 2.75) is 31.8 Å². The lowest BCUT2D eigenvalue weighted by Gasteiger charge is -2.36. The van der Waals surface area contributed by atoms with Crippen LogP contribution in [0, 0.1) is 0 Å². The standard InChI is InChI=1S/C8H18NP/c1-3-9-6-4-8(2,10)5-7-9/h3-7,10H2,1-2H3. The molecule has 1 aliphatic rings. The molecule has 60 valence electrons. The van der Waals surface area contributed by atoms with Crippen LogP contribution in [0.15, 0.2) is 0 Å². The van der Waals surface area contributed by atoms with Gasteiger partial charge in [0.2, 0.25) is 0 Å².